The van der Waals surface area contributed by atoms with E-state index in [0.29, 0.717) is 35.6 Å². The molecule has 2 unspecified atom stereocenters. The van der Waals surface area contributed by atoms with Crippen molar-refractivity contribution in [2.75, 3.05) is 7.11 Å². The maximum atomic E-state index is 14.8. The molecule has 1 spiro atoms. The van der Waals surface area contributed by atoms with Crippen LogP contribution in [0.5, 0.6) is 0 Å². The molecule has 1 aromatic rings. The van der Waals surface area contributed by atoms with E-state index in [-0.39, 0.29) is 5.41 Å². The minimum absolute atomic E-state index is 0.127. The first-order valence-electron chi connectivity index (χ1n) is 9.46. The standard InChI is InChI=1S/C21H18F6O3S/c1-30-20(24)11-17(22)14(8-18(20)23)16-10-19(6-7-19)9-15(16)12-2-4-13(5-3-12)31(28,29)21(25,26)27/h2-5,8,11,14H,6-7,9-10H2,1H3. The average Bonchev–Trinajstić information content (AvgIpc) is 3.35. The number of hydrogen-bond acceptors (Lipinski definition) is 3. The Labute approximate surface area is 175 Å². The summed E-state index contributed by atoms with van der Waals surface area (Å²) in [5, 5.41) is 0. The minimum Gasteiger partial charge on any atom is -0.341 e. The van der Waals surface area contributed by atoms with Gasteiger partial charge in [-0.1, -0.05) is 17.7 Å². The molecule has 2 atom stereocenters. The first-order valence-corrected chi connectivity index (χ1v) is 10.9. The summed E-state index contributed by atoms with van der Waals surface area (Å²) in [5.41, 5.74) is -4.02. The Morgan fingerprint density at radius 3 is 2.19 bits per heavy atom. The van der Waals surface area contributed by atoms with Crippen LogP contribution in [0.2, 0.25) is 0 Å². The van der Waals surface area contributed by atoms with Crippen LogP contribution in [0, 0.1) is 11.3 Å². The van der Waals surface area contributed by atoms with Crippen molar-refractivity contribution in [1.82, 2.24) is 0 Å². The Hall–Kier alpha value is -2.07. The third-order valence-electron chi connectivity index (χ3n) is 6.21. The van der Waals surface area contributed by atoms with Gasteiger partial charge in [-0.3, -0.25) is 0 Å². The Balaban J connectivity index is 1.74. The first kappa shape index (κ1) is 22.1. The lowest BCUT2D eigenvalue weighted by molar-refractivity contribution is -0.0668. The molecule has 3 nitrogen and oxygen atoms in total. The fourth-order valence-electron chi connectivity index (χ4n) is 4.25. The molecule has 1 aromatic carbocycles. The van der Waals surface area contributed by atoms with Crippen LogP contribution in [-0.4, -0.2) is 26.9 Å². The quantitative estimate of drug-likeness (QED) is 0.517. The number of sulfone groups is 1. The van der Waals surface area contributed by atoms with Gasteiger partial charge in [-0.05, 0) is 60.4 Å². The summed E-state index contributed by atoms with van der Waals surface area (Å²) >= 11 is 0. The summed E-state index contributed by atoms with van der Waals surface area (Å²) in [7, 11) is -4.58. The lowest BCUT2D eigenvalue weighted by Gasteiger charge is -2.26. The molecule has 1 fully saturated rings. The number of alkyl halides is 4. The predicted octanol–water partition coefficient (Wildman–Crippen LogP) is 5.96. The molecular formula is C21H18F6O3S. The Kier molecular flexibility index (Phi) is 4.97. The van der Waals surface area contributed by atoms with Crippen molar-refractivity contribution in [2.24, 2.45) is 11.3 Å². The second-order valence-corrected chi connectivity index (χ2v) is 10.1. The molecule has 10 heteroatoms. The average molecular weight is 464 g/mol. The molecule has 3 aliphatic rings. The summed E-state index contributed by atoms with van der Waals surface area (Å²) in [6, 6.07) is 4.16. The van der Waals surface area contributed by atoms with Gasteiger partial charge in [-0.15, -0.1) is 0 Å². The number of rotatable bonds is 4. The maximum absolute atomic E-state index is 14.8. The smallest absolute Gasteiger partial charge is 0.341 e. The van der Waals surface area contributed by atoms with Crippen LogP contribution in [0.15, 0.2) is 58.5 Å². The summed E-state index contributed by atoms with van der Waals surface area (Å²) in [4.78, 5) is -0.901. The molecule has 168 valence electrons. The van der Waals surface area contributed by atoms with Gasteiger partial charge >= 0.3 is 5.51 Å². The third kappa shape index (κ3) is 3.63. The van der Waals surface area contributed by atoms with Crippen molar-refractivity contribution in [3.05, 3.63) is 59.2 Å². The molecule has 3 aliphatic carbocycles. The fourth-order valence-corrected chi connectivity index (χ4v) is 5.01. The largest absolute Gasteiger partial charge is 0.501 e. The van der Waals surface area contributed by atoms with E-state index in [1.165, 1.54) is 12.1 Å². The van der Waals surface area contributed by atoms with Crippen LogP contribution >= 0.6 is 0 Å². The number of allylic oxidation sites excluding steroid dienone is 4. The van der Waals surface area contributed by atoms with Crippen molar-refractivity contribution in [3.8, 4) is 0 Å². The zero-order valence-corrected chi connectivity index (χ0v) is 17.1. The van der Waals surface area contributed by atoms with Gasteiger partial charge in [0, 0.05) is 13.2 Å². The van der Waals surface area contributed by atoms with Gasteiger partial charge in [-0.25, -0.2) is 17.2 Å². The van der Waals surface area contributed by atoms with E-state index in [0.717, 1.165) is 38.2 Å². The molecule has 0 N–H and O–H groups in total. The highest BCUT2D eigenvalue weighted by molar-refractivity contribution is 7.92. The lowest BCUT2D eigenvalue weighted by Crippen LogP contribution is -2.28. The number of hydrogen-bond donors (Lipinski definition) is 0. The van der Waals surface area contributed by atoms with Crippen molar-refractivity contribution < 1.29 is 39.5 Å². The van der Waals surface area contributed by atoms with E-state index < -0.39 is 43.7 Å². The van der Waals surface area contributed by atoms with E-state index in [1.807, 2.05) is 0 Å². The highest BCUT2D eigenvalue weighted by atomic mass is 32.2. The van der Waals surface area contributed by atoms with Gasteiger partial charge in [0.25, 0.3) is 15.7 Å². The minimum atomic E-state index is -5.49. The van der Waals surface area contributed by atoms with Crippen molar-refractivity contribution in [3.63, 3.8) is 0 Å². The molecule has 4 rings (SSSR count). The Morgan fingerprint density at radius 2 is 1.68 bits per heavy atom. The molecule has 0 aromatic heterocycles. The van der Waals surface area contributed by atoms with Gasteiger partial charge in [0.15, 0.2) is 5.83 Å². The normalized spacial score (nSPS) is 28.0. The highest BCUT2D eigenvalue weighted by Gasteiger charge is 2.51. The maximum Gasteiger partial charge on any atom is 0.501 e. The molecule has 0 amide bonds. The van der Waals surface area contributed by atoms with Crippen LogP contribution in [0.1, 0.15) is 31.2 Å². The van der Waals surface area contributed by atoms with E-state index in [9.17, 15) is 34.8 Å². The van der Waals surface area contributed by atoms with Crippen molar-refractivity contribution in [1.29, 1.82) is 0 Å². The van der Waals surface area contributed by atoms with Crippen LogP contribution in [0.4, 0.5) is 26.3 Å². The van der Waals surface area contributed by atoms with Gasteiger partial charge in [0.1, 0.15) is 5.83 Å². The first-order chi connectivity index (χ1) is 14.3. The van der Waals surface area contributed by atoms with Gasteiger partial charge in [-0.2, -0.15) is 17.6 Å². The predicted molar refractivity (Wildman–Crippen MR) is 100 cm³/mol. The zero-order valence-electron chi connectivity index (χ0n) is 16.3. The topological polar surface area (TPSA) is 43.4 Å². The lowest BCUT2D eigenvalue weighted by atomic mass is 9.87. The second-order valence-electron chi connectivity index (χ2n) is 8.20. The molecule has 1 saturated carbocycles. The number of benzene rings is 1. The Morgan fingerprint density at radius 1 is 1.06 bits per heavy atom. The molecule has 0 aliphatic heterocycles. The van der Waals surface area contributed by atoms with Gasteiger partial charge < -0.3 is 4.74 Å². The molecule has 0 saturated heterocycles. The van der Waals surface area contributed by atoms with Gasteiger partial charge in [0.2, 0.25) is 0 Å². The second kappa shape index (κ2) is 6.96. The highest BCUT2D eigenvalue weighted by Crippen LogP contribution is 2.63. The molecule has 0 heterocycles. The van der Waals surface area contributed by atoms with E-state index in [2.05, 4.69) is 4.74 Å². The zero-order chi connectivity index (χ0) is 22.8. The van der Waals surface area contributed by atoms with Crippen molar-refractivity contribution >= 4 is 15.4 Å². The summed E-state index contributed by atoms with van der Waals surface area (Å²) in [6.07, 6.45) is 3.91. The third-order valence-corrected chi connectivity index (χ3v) is 7.71. The summed E-state index contributed by atoms with van der Waals surface area (Å²) in [5.74, 6) is -6.35. The molecule has 0 radical (unpaired) electrons. The van der Waals surface area contributed by atoms with Crippen LogP contribution < -0.4 is 0 Å². The molecule has 0 bridgehead atoms. The monoisotopic (exact) mass is 464 g/mol. The van der Waals surface area contributed by atoms with E-state index in [4.69, 9.17) is 0 Å². The van der Waals surface area contributed by atoms with Crippen LogP contribution in [0.25, 0.3) is 5.57 Å². The van der Waals surface area contributed by atoms with Crippen LogP contribution in [0.3, 0.4) is 0 Å². The fraction of sp³-hybridized carbons (Fsp3) is 0.429. The summed E-state index contributed by atoms with van der Waals surface area (Å²) in [6.45, 7) is 0. The molecule has 31 heavy (non-hydrogen) atoms. The number of ether oxygens (including phenoxy) is 1. The van der Waals surface area contributed by atoms with E-state index >= 15 is 0 Å². The Bertz CT molecular complexity index is 1110. The van der Waals surface area contributed by atoms with Gasteiger partial charge in [0.05, 0.1) is 10.8 Å². The summed E-state index contributed by atoms with van der Waals surface area (Å²) < 4.78 is 109. The van der Waals surface area contributed by atoms with E-state index in [1.54, 1.807) is 0 Å². The van der Waals surface area contributed by atoms with Crippen LogP contribution in [-0.2, 0) is 14.6 Å². The number of halogens is 6. The number of methoxy groups -OCH3 is 1. The SMILES string of the molecule is COC1(F)C=C(F)C(C2=C(c3ccc(S(=O)(=O)C(F)(F)F)cc3)CC3(CC3)C2)C=C1F. The van der Waals surface area contributed by atoms with Crippen molar-refractivity contribution in [2.45, 2.75) is 41.9 Å². The molecular weight excluding hydrogens is 446 g/mol.